The van der Waals surface area contributed by atoms with Gasteiger partial charge < -0.3 is 4.74 Å². The SMILES string of the molecule is CC1(C)c2ccccc2N2c3c1ccc1c3C3(c4c(ccc5c4-n4c6c(cccc6c6ccc[n+]3c64)-c3ccccc3-5)O1)[n+]1ccccc12. The zero-order valence-corrected chi connectivity index (χ0v) is 26.9. The molecule has 228 valence electrons. The van der Waals surface area contributed by atoms with E-state index in [0.29, 0.717) is 0 Å². The smallest absolute Gasteiger partial charge is 0.321 e. The highest BCUT2D eigenvalue weighted by Gasteiger charge is 2.67. The molecule has 1 spiro atoms. The van der Waals surface area contributed by atoms with Crippen molar-refractivity contribution in [3.8, 4) is 39.4 Å². The third-order valence-corrected chi connectivity index (χ3v) is 12.1. The van der Waals surface area contributed by atoms with Crippen LogP contribution in [0.2, 0.25) is 0 Å². The zero-order valence-electron chi connectivity index (χ0n) is 26.9. The van der Waals surface area contributed by atoms with Gasteiger partial charge in [-0.15, -0.1) is 0 Å². The highest BCUT2D eigenvalue weighted by molar-refractivity contribution is 6.15. The fourth-order valence-electron chi connectivity index (χ4n) is 10.3. The fraction of sp³-hybridized carbons (Fsp3) is 0.0909. The first-order valence-electron chi connectivity index (χ1n) is 17.1. The van der Waals surface area contributed by atoms with Crippen molar-refractivity contribution in [3.05, 3.63) is 156 Å². The van der Waals surface area contributed by atoms with Gasteiger partial charge in [0, 0.05) is 39.1 Å². The Kier molecular flexibility index (Phi) is 3.93. The second-order valence-corrected chi connectivity index (χ2v) is 14.5. The van der Waals surface area contributed by atoms with E-state index in [-0.39, 0.29) is 5.41 Å². The molecule has 3 aromatic heterocycles. The summed E-state index contributed by atoms with van der Waals surface area (Å²) < 4.78 is 14.8. The number of rotatable bonds is 0. The Morgan fingerprint density at radius 3 is 2.16 bits per heavy atom. The lowest BCUT2D eigenvalue weighted by Crippen LogP contribution is -2.79. The Labute approximate surface area is 282 Å². The Morgan fingerprint density at radius 1 is 0.551 bits per heavy atom. The Hall–Kier alpha value is -6.20. The van der Waals surface area contributed by atoms with Crippen LogP contribution in [-0.2, 0) is 11.1 Å². The first-order chi connectivity index (χ1) is 24.1. The minimum absolute atomic E-state index is 0.225. The number of ether oxygens (including phenoxy) is 1. The van der Waals surface area contributed by atoms with Crippen molar-refractivity contribution < 1.29 is 13.9 Å². The van der Waals surface area contributed by atoms with Crippen molar-refractivity contribution in [1.82, 2.24) is 4.57 Å². The van der Waals surface area contributed by atoms with Crippen LogP contribution in [0.1, 0.15) is 36.1 Å². The van der Waals surface area contributed by atoms with E-state index < -0.39 is 5.66 Å². The molecule has 5 aromatic carbocycles. The van der Waals surface area contributed by atoms with Crippen LogP contribution >= 0.6 is 0 Å². The number of hydrogen-bond donors (Lipinski definition) is 0. The van der Waals surface area contributed by atoms with E-state index in [1.165, 1.54) is 83.5 Å². The van der Waals surface area contributed by atoms with E-state index in [1.807, 2.05) is 0 Å². The molecular formula is C44H28N4O+2. The van der Waals surface area contributed by atoms with Gasteiger partial charge in [0.2, 0.25) is 0 Å². The second kappa shape index (κ2) is 7.74. The van der Waals surface area contributed by atoms with Crippen molar-refractivity contribution >= 4 is 39.1 Å². The zero-order chi connectivity index (χ0) is 32.0. The maximum atomic E-state index is 7.15. The summed E-state index contributed by atoms with van der Waals surface area (Å²) in [5.41, 5.74) is 15.1. The van der Waals surface area contributed by atoms with Crippen molar-refractivity contribution in [2.45, 2.75) is 24.9 Å². The van der Waals surface area contributed by atoms with Crippen molar-refractivity contribution in [1.29, 1.82) is 0 Å². The molecule has 5 aliphatic heterocycles. The fourth-order valence-corrected chi connectivity index (χ4v) is 10.3. The number of hydrogen-bond acceptors (Lipinski definition) is 2. The van der Waals surface area contributed by atoms with Crippen LogP contribution in [0.3, 0.4) is 0 Å². The summed E-state index contributed by atoms with van der Waals surface area (Å²) in [4.78, 5) is 2.49. The van der Waals surface area contributed by atoms with Gasteiger partial charge in [0.15, 0.2) is 11.4 Å². The molecule has 0 saturated heterocycles. The summed E-state index contributed by atoms with van der Waals surface area (Å²) in [5.74, 6) is 2.93. The van der Waals surface area contributed by atoms with Gasteiger partial charge in [-0.3, -0.25) is 0 Å². The number of fused-ring (bicyclic) bond motifs is 8. The molecule has 0 N–H and O–H groups in total. The van der Waals surface area contributed by atoms with Gasteiger partial charge in [0.1, 0.15) is 33.8 Å². The summed E-state index contributed by atoms with van der Waals surface area (Å²) in [5, 5.41) is 2.51. The lowest BCUT2D eigenvalue weighted by Gasteiger charge is -2.47. The molecule has 5 heteroatoms. The third-order valence-electron chi connectivity index (χ3n) is 12.1. The minimum Gasteiger partial charge on any atom is -0.456 e. The van der Waals surface area contributed by atoms with Gasteiger partial charge >= 0.3 is 5.66 Å². The summed E-state index contributed by atoms with van der Waals surface area (Å²) in [7, 11) is 0. The Bertz CT molecular complexity index is 2920. The molecule has 0 bridgehead atoms. The monoisotopic (exact) mass is 628 g/mol. The first kappa shape index (κ1) is 24.9. The standard InChI is InChI=1S/C44H28N4O/c1-43(2)31-16-5-6-17-33(31)47-36-18-7-8-23-45(36)44-37-34(49-35-22-20-32(43)41(47)38(35)44)21-19-29-26-12-4-3-11-25(26)27-13-9-14-28-30-15-10-24-46(44)42(30)48(39(27)28)40(29)37/h3-24H,1-2H3/q+2. The highest BCUT2D eigenvalue weighted by atomic mass is 16.5. The van der Waals surface area contributed by atoms with Crippen molar-refractivity contribution in [2.24, 2.45) is 0 Å². The molecule has 0 saturated carbocycles. The Morgan fingerprint density at radius 2 is 1.27 bits per heavy atom. The van der Waals surface area contributed by atoms with E-state index in [9.17, 15) is 0 Å². The van der Waals surface area contributed by atoms with Gasteiger partial charge in [-0.2, -0.15) is 18.6 Å². The number of benzene rings is 5. The average Bonchev–Trinajstić information content (AvgIpc) is 3.42. The molecule has 49 heavy (non-hydrogen) atoms. The van der Waals surface area contributed by atoms with Crippen molar-refractivity contribution in [3.63, 3.8) is 0 Å². The molecule has 1 unspecified atom stereocenters. The summed E-state index contributed by atoms with van der Waals surface area (Å²) >= 11 is 0. The van der Waals surface area contributed by atoms with E-state index in [2.05, 4.69) is 166 Å². The summed E-state index contributed by atoms with van der Waals surface area (Å²) in [6, 6.07) is 44.9. The van der Waals surface area contributed by atoms with Crippen LogP contribution in [0.4, 0.5) is 17.2 Å². The largest absolute Gasteiger partial charge is 0.456 e. The molecule has 1 atom stereocenters. The molecule has 0 fully saturated rings. The molecule has 8 aromatic rings. The Balaban J connectivity index is 1.33. The van der Waals surface area contributed by atoms with Crippen LogP contribution in [-0.4, -0.2) is 4.57 Å². The number of para-hydroxylation sites is 2. The normalized spacial score (nSPS) is 18.4. The third kappa shape index (κ3) is 2.44. The van der Waals surface area contributed by atoms with Gasteiger partial charge in [0.05, 0.1) is 17.8 Å². The van der Waals surface area contributed by atoms with Crippen molar-refractivity contribution in [2.75, 3.05) is 4.90 Å². The average molecular weight is 629 g/mol. The first-order valence-corrected chi connectivity index (χ1v) is 17.1. The summed E-state index contributed by atoms with van der Waals surface area (Å²) in [6.45, 7) is 4.74. The van der Waals surface area contributed by atoms with Gasteiger partial charge in [-0.1, -0.05) is 80.6 Å². The topological polar surface area (TPSA) is 25.2 Å². The summed E-state index contributed by atoms with van der Waals surface area (Å²) in [6.07, 6.45) is 4.59. The molecule has 5 nitrogen and oxygen atoms in total. The minimum atomic E-state index is -0.765. The molecule has 0 amide bonds. The second-order valence-electron chi connectivity index (χ2n) is 14.5. The molecule has 0 aliphatic carbocycles. The van der Waals surface area contributed by atoms with E-state index in [4.69, 9.17) is 4.74 Å². The van der Waals surface area contributed by atoms with E-state index in [0.717, 1.165) is 17.3 Å². The molecular weight excluding hydrogens is 601 g/mol. The number of anilines is 3. The number of nitrogens with zero attached hydrogens (tertiary/aromatic N) is 4. The highest BCUT2D eigenvalue weighted by Crippen LogP contribution is 2.63. The van der Waals surface area contributed by atoms with Gasteiger partial charge in [0.25, 0.3) is 11.5 Å². The maximum Gasteiger partial charge on any atom is 0.321 e. The predicted molar refractivity (Wildman–Crippen MR) is 191 cm³/mol. The van der Waals surface area contributed by atoms with Gasteiger partial charge in [-0.25, -0.2) is 0 Å². The van der Waals surface area contributed by atoms with Crippen LogP contribution in [0.25, 0.3) is 49.9 Å². The van der Waals surface area contributed by atoms with E-state index >= 15 is 0 Å². The quantitative estimate of drug-likeness (QED) is 0.157. The molecule has 13 rings (SSSR count). The van der Waals surface area contributed by atoms with Crippen LogP contribution in [0, 0.1) is 0 Å². The van der Waals surface area contributed by atoms with Crippen LogP contribution in [0.5, 0.6) is 11.5 Å². The predicted octanol–water partition coefficient (Wildman–Crippen LogP) is 9.15. The lowest BCUT2D eigenvalue weighted by atomic mass is 9.69. The van der Waals surface area contributed by atoms with E-state index in [1.54, 1.807) is 0 Å². The van der Waals surface area contributed by atoms with Crippen LogP contribution in [0.15, 0.2) is 134 Å². The number of pyridine rings is 2. The molecule has 0 radical (unpaired) electrons. The van der Waals surface area contributed by atoms with Crippen LogP contribution < -0.4 is 18.8 Å². The molecule has 5 aliphatic rings. The maximum absolute atomic E-state index is 7.15. The molecule has 8 heterocycles. The number of aromatic nitrogens is 3. The lowest BCUT2D eigenvalue weighted by molar-refractivity contribution is -0.958. The van der Waals surface area contributed by atoms with Gasteiger partial charge in [-0.05, 0) is 59.7 Å².